The molecule has 3 rings (SSSR count). The summed E-state index contributed by atoms with van der Waals surface area (Å²) in [4.78, 5) is 2.48. The van der Waals surface area contributed by atoms with Crippen molar-refractivity contribution in [3.05, 3.63) is 0 Å². The molecule has 0 aliphatic carbocycles. The summed E-state index contributed by atoms with van der Waals surface area (Å²) in [5.41, 5.74) is 5.94. The zero-order valence-electron chi connectivity index (χ0n) is 6.68. The molecule has 3 nitrogen and oxygen atoms in total. The fourth-order valence-corrected chi connectivity index (χ4v) is 2.63. The fraction of sp³-hybridized carbons (Fsp3) is 1.00. The fourth-order valence-electron chi connectivity index (χ4n) is 2.63. The molecule has 0 spiro atoms. The van der Waals surface area contributed by atoms with Gasteiger partial charge in [-0.05, 0) is 6.42 Å². The van der Waals surface area contributed by atoms with Gasteiger partial charge in [-0.2, -0.15) is 0 Å². The number of hydrogen-bond acceptors (Lipinski definition) is 3. The van der Waals surface area contributed by atoms with Crippen LogP contribution in [-0.2, 0) is 4.74 Å². The molecular formula is C7H14Cl2N2O. The highest BCUT2D eigenvalue weighted by Gasteiger charge is 2.55. The molecule has 0 aromatic rings. The van der Waals surface area contributed by atoms with Gasteiger partial charge >= 0.3 is 0 Å². The van der Waals surface area contributed by atoms with Crippen LogP contribution >= 0.6 is 24.8 Å². The summed E-state index contributed by atoms with van der Waals surface area (Å²) in [7, 11) is 0. The van der Waals surface area contributed by atoms with Crippen LogP contribution in [0.2, 0.25) is 0 Å². The molecule has 12 heavy (non-hydrogen) atoms. The lowest BCUT2D eigenvalue weighted by Gasteiger charge is -2.21. The maximum Gasteiger partial charge on any atom is 0.0873 e. The zero-order valence-corrected chi connectivity index (χ0v) is 8.31. The smallest absolute Gasteiger partial charge is 0.0873 e. The van der Waals surface area contributed by atoms with Gasteiger partial charge in [-0.15, -0.1) is 24.8 Å². The minimum absolute atomic E-state index is 0. The molecule has 0 amide bonds. The van der Waals surface area contributed by atoms with Crippen LogP contribution < -0.4 is 5.73 Å². The van der Waals surface area contributed by atoms with Gasteiger partial charge < -0.3 is 10.5 Å². The molecule has 0 aromatic heterocycles. The maximum absolute atomic E-state index is 5.94. The summed E-state index contributed by atoms with van der Waals surface area (Å²) >= 11 is 0. The average molecular weight is 213 g/mol. The lowest BCUT2D eigenvalue weighted by Crippen LogP contribution is -2.38. The van der Waals surface area contributed by atoms with E-state index in [1.807, 2.05) is 0 Å². The summed E-state index contributed by atoms with van der Waals surface area (Å²) in [6.45, 7) is 2.29. The molecule has 0 saturated carbocycles. The highest BCUT2D eigenvalue weighted by atomic mass is 35.5. The van der Waals surface area contributed by atoms with Crippen molar-refractivity contribution in [1.82, 2.24) is 4.90 Å². The van der Waals surface area contributed by atoms with E-state index in [9.17, 15) is 0 Å². The maximum atomic E-state index is 5.94. The number of ether oxygens (including phenoxy) is 1. The van der Waals surface area contributed by atoms with Gasteiger partial charge in [-0.3, -0.25) is 4.90 Å². The van der Waals surface area contributed by atoms with Gasteiger partial charge in [0.15, 0.2) is 0 Å². The van der Waals surface area contributed by atoms with Crippen molar-refractivity contribution in [1.29, 1.82) is 0 Å². The second kappa shape index (κ2) is 3.31. The van der Waals surface area contributed by atoms with E-state index in [0.29, 0.717) is 24.3 Å². The molecule has 3 aliphatic heterocycles. The van der Waals surface area contributed by atoms with Crippen LogP contribution in [0.5, 0.6) is 0 Å². The average Bonchev–Trinajstić information content (AvgIpc) is 2.44. The molecule has 3 heterocycles. The van der Waals surface area contributed by atoms with Crippen LogP contribution in [0.25, 0.3) is 0 Å². The number of nitrogens with zero attached hydrogens (tertiary/aromatic N) is 1. The van der Waals surface area contributed by atoms with E-state index in [4.69, 9.17) is 10.5 Å². The molecule has 4 atom stereocenters. The van der Waals surface area contributed by atoms with Crippen LogP contribution in [0.15, 0.2) is 0 Å². The molecule has 72 valence electrons. The molecule has 0 radical (unpaired) electrons. The van der Waals surface area contributed by atoms with Crippen LogP contribution in [0.3, 0.4) is 0 Å². The lowest BCUT2D eigenvalue weighted by molar-refractivity contribution is 0.00885. The largest absolute Gasteiger partial charge is 0.370 e. The molecule has 3 saturated heterocycles. The third-order valence-electron chi connectivity index (χ3n) is 3.09. The van der Waals surface area contributed by atoms with Gasteiger partial charge in [0.05, 0.1) is 24.3 Å². The van der Waals surface area contributed by atoms with E-state index in [0.717, 1.165) is 6.54 Å². The van der Waals surface area contributed by atoms with E-state index < -0.39 is 0 Å². The SMILES string of the molecule is Cl.Cl.N[C@@H]1C2CN3CCC(O2)[C@@H]13. The number of halogens is 2. The molecule has 3 fully saturated rings. The minimum Gasteiger partial charge on any atom is -0.370 e. The van der Waals surface area contributed by atoms with Crippen molar-refractivity contribution >= 4 is 24.8 Å². The Morgan fingerprint density at radius 1 is 1.25 bits per heavy atom. The van der Waals surface area contributed by atoms with Crippen molar-refractivity contribution in [2.24, 2.45) is 5.73 Å². The quantitative estimate of drug-likeness (QED) is 0.616. The normalized spacial score (nSPS) is 48.8. The standard InChI is InChI=1S/C7H12N2O.2ClH/c8-6-5-3-9-2-1-4(10-5)7(6)9;;/h4-7H,1-3,8H2;2*1H/t4?,5?,6-,7+;;/m1../s1. The number of morpholine rings is 1. The summed E-state index contributed by atoms with van der Waals surface area (Å²) in [5.74, 6) is 0. The van der Waals surface area contributed by atoms with Gasteiger partial charge in [-0.1, -0.05) is 0 Å². The predicted molar refractivity (Wildman–Crippen MR) is 51.1 cm³/mol. The van der Waals surface area contributed by atoms with Crippen LogP contribution in [0.4, 0.5) is 0 Å². The topological polar surface area (TPSA) is 38.5 Å². The molecule has 3 aliphatic rings. The minimum atomic E-state index is 0. The highest BCUT2D eigenvalue weighted by Crippen LogP contribution is 2.38. The van der Waals surface area contributed by atoms with Crippen LogP contribution in [-0.4, -0.2) is 42.3 Å². The van der Waals surface area contributed by atoms with E-state index in [1.54, 1.807) is 0 Å². The second-order valence-corrected chi connectivity index (χ2v) is 3.56. The van der Waals surface area contributed by atoms with Crippen molar-refractivity contribution in [3.8, 4) is 0 Å². The van der Waals surface area contributed by atoms with Crippen molar-refractivity contribution in [2.75, 3.05) is 13.1 Å². The van der Waals surface area contributed by atoms with Crippen molar-refractivity contribution < 1.29 is 4.74 Å². The molecule has 5 heteroatoms. The van der Waals surface area contributed by atoms with E-state index in [2.05, 4.69) is 4.90 Å². The van der Waals surface area contributed by atoms with E-state index in [1.165, 1.54) is 13.0 Å². The second-order valence-electron chi connectivity index (χ2n) is 3.56. The van der Waals surface area contributed by atoms with Crippen LogP contribution in [0.1, 0.15) is 6.42 Å². The lowest BCUT2D eigenvalue weighted by atomic mass is 10.1. The molecule has 0 aromatic carbocycles. The molecule has 2 bridgehead atoms. The van der Waals surface area contributed by atoms with Gasteiger partial charge in [0.2, 0.25) is 0 Å². The Bertz CT molecular complexity index is 164. The first-order valence-corrected chi connectivity index (χ1v) is 4.01. The first kappa shape index (κ1) is 10.5. The highest BCUT2D eigenvalue weighted by molar-refractivity contribution is 5.85. The van der Waals surface area contributed by atoms with E-state index >= 15 is 0 Å². The third kappa shape index (κ3) is 1.08. The Kier molecular flexibility index (Phi) is 2.91. The number of rotatable bonds is 0. The summed E-state index contributed by atoms with van der Waals surface area (Å²) in [6, 6.07) is 0.887. The molecular weight excluding hydrogens is 199 g/mol. The van der Waals surface area contributed by atoms with E-state index in [-0.39, 0.29) is 24.8 Å². The molecule has 2 N–H and O–H groups in total. The van der Waals surface area contributed by atoms with Crippen LogP contribution in [0, 0.1) is 0 Å². The molecule has 2 unspecified atom stereocenters. The van der Waals surface area contributed by atoms with Gasteiger partial charge in [-0.25, -0.2) is 0 Å². The Labute approximate surface area is 84.4 Å². The Morgan fingerprint density at radius 3 is 2.50 bits per heavy atom. The first-order chi connectivity index (χ1) is 4.86. The Morgan fingerprint density at radius 2 is 2.00 bits per heavy atom. The summed E-state index contributed by atoms with van der Waals surface area (Å²) in [6.07, 6.45) is 2.04. The number of nitrogens with two attached hydrogens (primary N) is 1. The van der Waals surface area contributed by atoms with Gasteiger partial charge in [0, 0.05) is 13.1 Å². The zero-order chi connectivity index (χ0) is 6.72. The Balaban J connectivity index is 0.000000360. The summed E-state index contributed by atoms with van der Waals surface area (Å²) in [5, 5.41) is 0. The predicted octanol–water partition coefficient (Wildman–Crippen LogP) is 0.0126. The Hall–Kier alpha value is 0.460. The van der Waals surface area contributed by atoms with Crippen molar-refractivity contribution in [3.63, 3.8) is 0 Å². The third-order valence-corrected chi connectivity index (χ3v) is 3.09. The number of fused-ring (bicyclic) bond motifs is 1. The van der Waals surface area contributed by atoms with Gasteiger partial charge in [0.25, 0.3) is 0 Å². The van der Waals surface area contributed by atoms with Crippen molar-refractivity contribution in [2.45, 2.75) is 30.7 Å². The number of hydrogen-bond donors (Lipinski definition) is 1. The van der Waals surface area contributed by atoms with Gasteiger partial charge in [0.1, 0.15) is 0 Å². The summed E-state index contributed by atoms with van der Waals surface area (Å²) < 4.78 is 5.70. The first-order valence-electron chi connectivity index (χ1n) is 4.01. The monoisotopic (exact) mass is 212 g/mol.